The van der Waals surface area contributed by atoms with Crippen LogP contribution in [-0.4, -0.2) is 51.8 Å². The van der Waals surface area contributed by atoms with Gasteiger partial charge in [0, 0.05) is 13.1 Å². The summed E-state index contributed by atoms with van der Waals surface area (Å²) >= 11 is 0. The number of nitrogens with one attached hydrogen (secondary N) is 2. The lowest BCUT2D eigenvalue weighted by Crippen LogP contribution is -2.45. The minimum Gasteiger partial charge on any atom is -0.393 e. The van der Waals surface area contributed by atoms with Crippen LogP contribution in [0.4, 0.5) is 5.69 Å². The van der Waals surface area contributed by atoms with Gasteiger partial charge in [0.25, 0.3) is 0 Å². The fourth-order valence-corrected chi connectivity index (χ4v) is 2.48. The summed E-state index contributed by atoms with van der Waals surface area (Å²) in [4.78, 5) is 14.1. The third-order valence-corrected chi connectivity index (χ3v) is 3.70. The van der Waals surface area contributed by atoms with E-state index in [0.717, 1.165) is 36.6 Å². The van der Waals surface area contributed by atoms with E-state index >= 15 is 0 Å². The third kappa shape index (κ3) is 3.33. The first-order valence-electron chi connectivity index (χ1n) is 6.69. The number of hydrogen-bond acceptors (Lipinski definition) is 4. The van der Waals surface area contributed by atoms with Crippen LogP contribution in [0.3, 0.4) is 0 Å². The van der Waals surface area contributed by atoms with Gasteiger partial charge in [-0.2, -0.15) is 5.10 Å². The minimum atomic E-state index is -0.238. The Morgan fingerprint density at radius 1 is 1.58 bits per heavy atom. The largest absolute Gasteiger partial charge is 0.393 e. The van der Waals surface area contributed by atoms with Crippen LogP contribution >= 0.6 is 0 Å². The number of aryl methyl sites for hydroxylation is 2. The molecule has 0 aliphatic carbocycles. The molecule has 3 N–H and O–H groups in total. The molecule has 1 saturated heterocycles. The summed E-state index contributed by atoms with van der Waals surface area (Å²) in [5.41, 5.74) is 2.44. The smallest absolute Gasteiger partial charge is 0.238 e. The number of hydrogen-bond donors (Lipinski definition) is 3. The van der Waals surface area contributed by atoms with Gasteiger partial charge < -0.3 is 10.4 Å². The van der Waals surface area contributed by atoms with E-state index in [2.05, 4.69) is 20.4 Å². The molecule has 6 heteroatoms. The van der Waals surface area contributed by atoms with E-state index in [-0.39, 0.29) is 17.9 Å². The number of amides is 1. The number of anilines is 1. The molecule has 0 saturated carbocycles. The molecule has 1 fully saturated rings. The van der Waals surface area contributed by atoms with Crippen molar-refractivity contribution >= 4 is 11.6 Å². The zero-order valence-corrected chi connectivity index (χ0v) is 11.7. The SMILES string of the molecule is Cc1n[nH]c(C)c1NC(=O)CN1CCC(O)C(C)C1. The summed E-state index contributed by atoms with van der Waals surface area (Å²) in [5.74, 6) is 0.190. The summed E-state index contributed by atoms with van der Waals surface area (Å²) in [6.45, 7) is 7.65. The van der Waals surface area contributed by atoms with Gasteiger partial charge in [-0.25, -0.2) is 0 Å². The van der Waals surface area contributed by atoms with E-state index < -0.39 is 0 Å². The van der Waals surface area contributed by atoms with E-state index in [9.17, 15) is 9.90 Å². The second-order valence-corrected chi connectivity index (χ2v) is 5.43. The highest BCUT2D eigenvalue weighted by atomic mass is 16.3. The fourth-order valence-electron chi connectivity index (χ4n) is 2.48. The first kappa shape index (κ1) is 14.0. The number of aliphatic hydroxyl groups excluding tert-OH is 1. The van der Waals surface area contributed by atoms with E-state index in [1.807, 2.05) is 20.8 Å². The highest BCUT2D eigenvalue weighted by Crippen LogP contribution is 2.18. The van der Waals surface area contributed by atoms with Crippen molar-refractivity contribution < 1.29 is 9.90 Å². The van der Waals surface area contributed by atoms with Crippen LogP contribution in [0.5, 0.6) is 0 Å². The van der Waals surface area contributed by atoms with Gasteiger partial charge in [-0.15, -0.1) is 0 Å². The number of rotatable bonds is 3. The summed E-state index contributed by atoms with van der Waals surface area (Å²) < 4.78 is 0. The molecule has 0 aromatic carbocycles. The van der Waals surface area contributed by atoms with Crippen molar-refractivity contribution in [1.29, 1.82) is 0 Å². The van der Waals surface area contributed by atoms with Crippen LogP contribution in [0.1, 0.15) is 24.7 Å². The van der Waals surface area contributed by atoms with Crippen molar-refractivity contribution in [3.63, 3.8) is 0 Å². The Morgan fingerprint density at radius 3 is 2.89 bits per heavy atom. The van der Waals surface area contributed by atoms with Crippen LogP contribution in [0.2, 0.25) is 0 Å². The summed E-state index contributed by atoms with van der Waals surface area (Å²) in [7, 11) is 0. The number of aromatic nitrogens is 2. The number of aliphatic hydroxyl groups is 1. The van der Waals surface area contributed by atoms with E-state index in [0.29, 0.717) is 6.54 Å². The monoisotopic (exact) mass is 266 g/mol. The zero-order valence-electron chi connectivity index (χ0n) is 11.7. The quantitative estimate of drug-likeness (QED) is 0.751. The zero-order chi connectivity index (χ0) is 14.0. The van der Waals surface area contributed by atoms with Gasteiger partial charge in [-0.05, 0) is 26.2 Å². The Morgan fingerprint density at radius 2 is 2.32 bits per heavy atom. The molecule has 0 spiro atoms. The highest BCUT2D eigenvalue weighted by molar-refractivity contribution is 5.93. The Kier molecular flexibility index (Phi) is 4.21. The third-order valence-electron chi connectivity index (χ3n) is 3.70. The molecule has 106 valence electrons. The number of aromatic amines is 1. The predicted octanol–water partition coefficient (Wildman–Crippen LogP) is 0.668. The molecule has 2 rings (SSSR count). The van der Waals surface area contributed by atoms with Crippen LogP contribution in [0, 0.1) is 19.8 Å². The van der Waals surface area contributed by atoms with Gasteiger partial charge in [0.2, 0.25) is 5.91 Å². The van der Waals surface area contributed by atoms with Gasteiger partial charge >= 0.3 is 0 Å². The topological polar surface area (TPSA) is 81.2 Å². The summed E-state index contributed by atoms with van der Waals surface area (Å²) in [5, 5.41) is 19.5. The first-order valence-corrected chi connectivity index (χ1v) is 6.69. The molecule has 1 aromatic heterocycles. The van der Waals surface area contributed by atoms with Crippen LogP contribution in [0.15, 0.2) is 0 Å². The molecule has 2 heterocycles. The molecule has 2 atom stereocenters. The summed E-state index contributed by atoms with van der Waals surface area (Å²) in [6.07, 6.45) is 0.496. The van der Waals surface area contributed by atoms with Crippen LogP contribution < -0.4 is 5.32 Å². The molecule has 1 aromatic rings. The van der Waals surface area contributed by atoms with Crippen LogP contribution in [-0.2, 0) is 4.79 Å². The van der Waals surface area contributed by atoms with Gasteiger partial charge in [0.05, 0.1) is 29.7 Å². The molecule has 19 heavy (non-hydrogen) atoms. The Bertz CT molecular complexity index is 438. The van der Waals surface area contributed by atoms with Gasteiger partial charge in [-0.1, -0.05) is 6.92 Å². The molecule has 1 amide bonds. The Labute approximate surface area is 113 Å². The lowest BCUT2D eigenvalue weighted by atomic mass is 9.97. The number of carbonyl (C=O) groups excluding carboxylic acids is 1. The second-order valence-electron chi connectivity index (χ2n) is 5.43. The highest BCUT2D eigenvalue weighted by Gasteiger charge is 2.25. The second kappa shape index (κ2) is 5.71. The van der Waals surface area contributed by atoms with Crippen molar-refractivity contribution in [3.8, 4) is 0 Å². The molecule has 0 bridgehead atoms. The lowest BCUT2D eigenvalue weighted by molar-refractivity contribution is -0.118. The lowest BCUT2D eigenvalue weighted by Gasteiger charge is -2.33. The van der Waals surface area contributed by atoms with E-state index in [1.165, 1.54) is 0 Å². The number of piperidine rings is 1. The van der Waals surface area contributed by atoms with Crippen molar-refractivity contribution in [1.82, 2.24) is 15.1 Å². The normalized spacial score (nSPS) is 24.4. The average Bonchev–Trinajstić information content (AvgIpc) is 2.66. The minimum absolute atomic E-state index is 0.0313. The van der Waals surface area contributed by atoms with Crippen molar-refractivity contribution in [2.24, 2.45) is 5.92 Å². The molecular weight excluding hydrogens is 244 g/mol. The Balaban J connectivity index is 1.88. The number of nitrogens with zero attached hydrogens (tertiary/aromatic N) is 2. The fraction of sp³-hybridized carbons (Fsp3) is 0.692. The van der Waals surface area contributed by atoms with Crippen molar-refractivity contribution in [2.75, 3.05) is 25.0 Å². The van der Waals surface area contributed by atoms with Crippen LogP contribution in [0.25, 0.3) is 0 Å². The predicted molar refractivity (Wildman–Crippen MR) is 72.9 cm³/mol. The molecule has 1 aliphatic heterocycles. The number of carbonyl (C=O) groups is 1. The molecule has 0 radical (unpaired) electrons. The van der Waals surface area contributed by atoms with E-state index in [4.69, 9.17) is 0 Å². The first-order chi connectivity index (χ1) is 8.97. The van der Waals surface area contributed by atoms with Gasteiger partial charge in [0.15, 0.2) is 0 Å². The summed E-state index contributed by atoms with van der Waals surface area (Å²) in [6, 6.07) is 0. The standard InChI is InChI=1S/C13H22N4O2/c1-8-6-17(5-4-11(8)18)7-12(19)14-13-9(2)15-16-10(13)3/h8,11,18H,4-7H2,1-3H3,(H,14,19)(H,15,16). The number of H-pyrrole nitrogens is 1. The van der Waals surface area contributed by atoms with Crippen molar-refractivity contribution in [2.45, 2.75) is 33.3 Å². The molecule has 1 aliphatic rings. The van der Waals surface area contributed by atoms with E-state index in [1.54, 1.807) is 0 Å². The number of likely N-dealkylation sites (tertiary alicyclic amines) is 1. The maximum absolute atomic E-state index is 12.0. The Hall–Kier alpha value is -1.40. The molecule has 2 unspecified atom stereocenters. The molecule has 6 nitrogen and oxygen atoms in total. The van der Waals surface area contributed by atoms with Gasteiger partial charge in [0.1, 0.15) is 0 Å². The maximum atomic E-state index is 12.0. The van der Waals surface area contributed by atoms with Crippen molar-refractivity contribution in [3.05, 3.63) is 11.4 Å². The maximum Gasteiger partial charge on any atom is 0.238 e. The van der Waals surface area contributed by atoms with Gasteiger partial charge in [-0.3, -0.25) is 14.8 Å². The molecular formula is C13H22N4O2. The average molecular weight is 266 g/mol.